The van der Waals surface area contributed by atoms with Gasteiger partial charge in [0.05, 0.1) is 11.0 Å². The molecule has 0 aliphatic heterocycles. The number of hydrogen-bond acceptors (Lipinski definition) is 4. The van der Waals surface area contributed by atoms with Crippen molar-refractivity contribution >= 4 is 22.6 Å². The minimum Gasteiger partial charge on any atom is -0.326 e. The molecule has 3 N–H and O–H groups in total. The number of fused-ring (bicyclic) bond motifs is 1. The molecule has 29 heavy (non-hydrogen) atoms. The summed E-state index contributed by atoms with van der Waals surface area (Å²) in [6.07, 6.45) is 2.13. The van der Waals surface area contributed by atoms with Crippen LogP contribution in [0.25, 0.3) is 16.7 Å². The van der Waals surface area contributed by atoms with Gasteiger partial charge in [-0.25, -0.2) is 9.78 Å². The second-order valence-electron chi connectivity index (χ2n) is 6.71. The van der Waals surface area contributed by atoms with E-state index in [1.165, 1.54) is 0 Å². The van der Waals surface area contributed by atoms with Gasteiger partial charge >= 0.3 is 5.69 Å². The van der Waals surface area contributed by atoms with Crippen molar-refractivity contribution in [1.29, 1.82) is 0 Å². The summed E-state index contributed by atoms with van der Waals surface area (Å²) in [7, 11) is 0. The zero-order valence-corrected chi connectivity index (χ0v) is 15.7. The largest absolute Gasteiger partial charge is 0.326 e. The van der Waals surface area contributed by atoms with Crippen molar-refractivity contribution < 1.29 is 4.79 Å². The molecule has 146 valence electrons. The van der Waals surface area contributed by atoms with Crippen molar-refractivity contribution in [3.05, 3.63) is 87.0 Å². The third kappa shape index (κ3) is 3.86. The normalized spacial score (nSPS) is 10.9. The van der Waals surface area contributed by atoms with Crippen LogP contribution in [0, 0.1) is 6.92 Å². The summed E-state index contributed by atoms with van der Waals surface area (Å²) < 4.78 is 1.98. The number of H-pyrrole nitrogens is 2. The molecule has 8 nitrogen and oxygen atoms in total. The predicted octanol–water partition coefficient (Wildman–Crippen LogP) is 2.28. The molecule has 0 aliphatic carbocycles. The number of para-hydroxylation sites is 2. The van der Waals surface area contributed by atoms with Crippen molar-refractivity contribution in [2.45, 2.75) is 19.8 Å². The number of nitrogens with zero attached hydrogens (tertiary/aromatic N) is 2. The number of anilines is 1. The molecule has 0 saturated carbocycles. The van der Waals surface area contributed by atoms with Gasteiger partial charge in [-0.15, -0.1) is 0 Å². The molecule has 2 aromatic carbocycles. The van der Waals surface area contributed by atoms with Gasteiger partial charge in [0.25, 0.3) is 5.56 Å². The average molecular weight is 389 g/mol. The van der Waals surface area contributed by atoms with Crippen molar-refractivity contribution in [3.63, 3.8) is 0 Å². The van der Waals surface area contributed by atoms with Crippen molar-refractivity contribution in [2.24, 2.45) is 0 Å². The van der Waals surface area contributed by atoms with Crippen molar-refractivity contribution in [1.82, 2.24) is 19.5 Å². The first-order valence-electron chi connectivity index (χ1n) is 9.16. The Morgan fingerprint density at radius 3 is 2.59 bits per heavy atom. The third-order valence-electron chi connectivity index (χ3n) is 4.74. The number of benzene rings is 2. The predicted molar refractivity (Wildman–Crippen MR) is 110 cm³/mol. The lowest BCUT2D eigenvalue weighted by Crippen LogP contribution is -2.27. The summed E-state index contributed by atoms with van der Waals surface area (Å²) in [4.78, 5) is 44.4. The SMILES string of the molecule is Cc1[nH]c(=O)[nH]c(=O)c1CCC(=O)Nc1ccc(-n2cnc3ccccc32)cc1. The molecule has 1 amide bonds. The highest BCUT2D eigenvalue weighted by Crippen LogP contribution is 2.19. The van der Waals surface area contributed by atoms with Crippen LogP contribution in [0.2, 0.25) is 0 Å². The molecule has 0 bridgehead atoms. The number of amides is 1. The quantitative estimate of drug-likeness (QED) is 0.486. The maximum Gasteiger partial charge on any atom is 0.325 e. The number of aromatic amines is 2. The molecule has 0 saturated heterocycles. The molecule has 4 aromatic rings. The van der Waals surface area contributed by atoms with Gasteiger partial charge < -0.3 is 10.3 Å². The molecule has 2 aromatic heterocycles. The maximum atomic E-state index is 12.3. The highest BCUT2D eigenvalue weighted by Gasteiger charge is 2.10. The minimum atomic E-state index is -0.550. The van der Waals surface area contributed by atoms with E-state index in [1.54, 1.807) is 13.3 Å². The van der Waals surface area contributed by atoms with E-state index in [2.05, 4.69) is 20.3 Å². The standard InChI is InChI=1S/C21H19N5O3/c1-13-16(20(28)25-21(29)23-13)10-11-19(27)24-14-6-8-15(9-7-14)26-12-22-17-4-2-3-5-18(17)26/h2-9,12H,10-11H2,1H3,(H,24,27)(H2,23,25,28,29). The zero-order valence-electron chi connectivity index (χ0n) is 15.7. The Morgan fingerprint density at radius 2 is 1.83 bits per heavy atom. The summed E-state index contributed by atoms with van der Waals surface area (Å²) in [6, 6.07) is 15.3. The van der Waals surface area contributed by atoms with Crippen LogP contribution in [0.3, 0.4) is 0 Å². The number of imidazole rings is 1. The fraction of sp³-hybridized carbons (Fsp3) is 0.143. The second-order valence-corrected chi connectivity index (χ2v) is 6.71. The van der Waals surface area contributed by atoms with E-state index < -0.39 is 11.2 Å². The number of rotatable bonds is 5. The number of aryl methyl sites for hydroxylation is 1. The fourth-order valence-corrected chi connectivity index (χ4v) is 3.26. The van der Waals surface area contributed by atoms with Crippen LogP contribution in [0.5, 0.6) is 0 Å². The van der Waals surface area contributed by atoms with Gasteiger partial charge in [-0.05, 0) is 49.7 Å². The number of nitrogens with one attached hydrogen (secondary N) is 3. The van der Waals surface area contributed by atoms with E-state index in [1.807, 2.05) is 53.1 Å². The number of carbonyl (C=O) groups is 1. The molecule has 0 atom stereocenters. The molecule has 2 heterocycles. The van der Waals surface area contributed by atoms with E-state index in [0.717, 1.165) is 16.7 Å². The topological polar surface area (TPSA) is 113 Å². The van der Waals surface area contributed by atoms with E-state index in [-0.39, 0.29) is 18.7 Å². The first kappa shape index (κ1) is 18.4. The third-order valence-corrected chi connectivity index (χ3v) is 4.74. The van der Waals surface area contributed by atoms with Gasteiger partial charge in [0.15, 0.2) is 0 Å². The van der Waals surface area contributed by atoms with Gasteiger partial charge in [0.2, 0.25) is 5.91 Å². The fourth-order valence-electron chi connectivity index (χ4n) is 3.26. The van der Waals surface area contributed by atoms with Crippen LogP contribution in [0.1, 0.15) is 17.7 Å². The number of carbonyl (C=O) groups excluding carboxylic acids is 1. The Labute approximate surface area is 165 Å². The summed E-state index contributed by atoms with van der Waals surface area (Å²) in [5.41, 5.74) is 3.39. The van der Waals surface area contributed by atoms with Crippen LogP contribution >= 0.6 is 0 Å². The zero-order chi connectivity index (χ0) is 20.4. The van der Waals surface area contributed by atoms with E-state index in [9.17, 15) is 14.4 Å². The van der Waals surface area contributed by atoms with Gasteiger partial charge in [-0.3, -0.25) is 19.1 Å². The summed E-state index contributed by atoms with van der Waals surface area (Å²) >= 11 is 0. The first-order valence-corrected chi connectivity index (χ1v) is 9.16. The molecular formula is C21H19N5O3. The van der Waals surface area contributed by atoms with Gasteiger partial charge in [-0.2, -0.15) is 0 Å². The molecule has 4 rings (SSSR count). The molecule has 0 aliphatic rings. The van der Waals surface area contributed by atoms with Crippen LogP contribution < -0.4 is 16.6 Å². The maximum absolute atomic E-state index is 12.3. The summed E-state index contributed by atoms with van der Waals surface area (Å²) in [5, 5.41) is 2.82. The minimum absolute atomic E-state index is 0.129. The van der Waals surface area contributed by atoms with E-state index >= 15 is 0 Å². The van der Waals surface area contributed by atoms with Crippen molar-refractivity contribution in [3.8, 4) is 5.69 Å². The lowest BCUT2D eigenvalue weighted by Gasteiger charge is -2.08. The Hall–Kier alpha value is -3.94. The molecular weight excluding hydrogens is 370 g/mol. The lowest BCUT2D eigenvalue weighted by atomic mass is 10.1. The Balaban J connectivity index is 1.43. The molecule has 0 fully saturated rings. The first-order chi connectivity index (χ1) is 14.0. The van der Waals surface area contributed by atoms with Gasteiger partial charge in [0.1, 0.15) is 6.33 Å². The molecule has 0 spiro atoms. The van der Waals surface area contributed by atoms with Crippen LogP contribution in [-0.2, 0) is 11.2 Å². The monoisotopic (exact) mass is 389 g/mol. The molecule has 0 radical (unpaired) electrons. The van der Waals surface area contributed by atoms with Gasteiger partial charge in [-0.1, -0.05) is 12.1 Å². The summed E-state index contributed by atoms with van der Waals surface area (Å²) in [6.45, 7) is 1.64. The van der Waals surface area contributed by atoms with Crippen LogP contribution in [0.15, 0.2) is 64.4 Å². The number of hydrogen-bond donors (Lipinski definition) is 3. The Morgan fingerprint density at radius 1 is 1.07 bits per heavy atom. The van der Waals surface area contributed by atoms with E-state index in [0.29, 0.717) is 16.9 Å². The Kier molecular flexibility index (Phi) is 4.82. The van der Waals surface area contributed by atoms with Crippen molar-refractivity contribution in [2.75, 3.05) is 5.32 Å². The highest BCUT2D eigenvalue weighted by molar-refractivity contribution is 5.91. The van der Waals surface area contributed by atoms with Crippen LogP contribution in [-0.4, -0.2) is 25.4 Å². The number of aromatic nitrogens is 4. The molecule has 8 heteroatoms. The Bertz CT molecular complexity index is 1300. The van der Waals surface area contributed by atoms with Crippen LogP contribution in [0.4, 0.5) is 5.69 Å². The average Bonchev–Trinajstić information content (AvgIpc) is 3.12. The highest BCUT2D eigenvalue weighted by atomic mass is 16.2. The van der Waals surface area contributed by atoms with E-state index in [4.69, 9.17) is 0 Å². The molecule has 0 unspecified atom stereocenters. The lowest BCUT2D eigenvalue weighted by molar-refractivity contribution is -0.116. The summed E-state index contributed by atoms with van der Waals surface area (Å²) in [5.74, 6) is -0.212. The second kappa shape index (κ2) is 7.59. The van der Waals surface area contributed by atoms with Gasteiger partial charge in [0, 0.05) is 29.1 Å². The smallest absolute Gasteiger partial charge is 0.325 e.